The van der Waals surface area contributed by atoms with E-state index in [0.717, 1.165) is 34.9 Å². The van der Waals surface area contributed by atoms with Crippen molar-refractivity contribution in [3.8, 4) is 22.9 Å². The summed E-state index contributed by atoms with van der Waals surface area (Å²) in [6.45, 7) is 2.96. The Bertz CT molecular complexity index is 1570. The summed E-state index contributed by atoms with van der Waals surface area (Å²) in [5.41, 5.74) is 2.79. The Morgan fingerprint density at radius 2 is 1.95 bits per heavy atom. The van der Waals surface area contributed by atoms with E-state index in [1.165, 1.54) is 4.90 Å². The van der Waals surface area contributed by atoms with Crippen molar-refractivity contribution in [2.24, 2.45) is 0 Å². The molecule has 0 radical (unpaired) electrons. The fourth-order valence-corrected chi connectivity index (χ4v) is 5.03. The first-order valence-corrected chi connectivity index (χ1v) is 13.7. The van der Waals surface area contributed by atoms with Gasteiger partial charge in [-0.05, 0) is 56.0 Å². The lowest BCUT2D eigenvalue weighted by atomic mass is 10.0. The molecule has 3 N–H and O–H groups in total. The predicted octanol–water partition coefficient (Wildman–Crippen LogP) is 7.10. The van der Waals surface area contributed by atoms with Gasteiger partial charge in [-0.1, -0.05) is 24.3 Å². The zero-order chi connectivity index (χ0) is 29.7. The van der Waals surface area contributed by atoms with Gasteiger partial charge in [0.2, 0.25) is 11.8 Å². The molecule has 42 heavy (non-hydrogen) atoms. The van der Waals surface area contributed by atoms with Gasteiger partial charge < -0.3 is 25.4 Å². The standard InChI is InChI=1S/C30H31F3N6O3/c1-19-10-11-21-22(7-2-9-24(21)34-15-5-13-30(31,32)33)26(19)42-27-23(8-3-14-35-27)25-12-16-36-28(38-25)37-20-6-4-17-39(18-20)29(40)41/h2-3,7-12,14,16,20,34H,4-6,13,15,17-18H2,1H3,(H,40,41)(H,36,37,38)/t20-/m0/s1. The highest BCUT2D eigenvalue weighted by molar-refractivity contribution is 5.98. The number of halogens is 3. The van der Waals surface area contributed by atoms with E-state index in [1.807, 2.05) is 43.3 Å². The second-order valence-electron chi connectivity index (χ2n) is 10.2. The molecule has 0 aliphatic carbocycles. The molecule has 1 amide bonds. The minimum Gasteiger partial charge on any atom is -0.465 e. The molecule has 0 spiro atoms. The van der Waals surface area contributed by atoms with Gasteiger partial charge in [-0.3, -0.25) is 0 Å². The maximum Gasteiger partial charge on any atom is 0.407 e. The summed E-state index contributed by atoms with van der Waals surface area (Å²) in [6, 6.07) is 14.6. The zero-order valence-corrected chi connectivity index (χ0v) is 23.0. The van der Waals surface area contributed by atoms with Gasteiger partial charge in [0, 0.05) is 61.0 Å². The van der Waals surface area contributed by atoms with Crippen LogP contribution in [0.25, 0.3) is 22.0 Å². The highest BCUT2D eigenvalue weighted by Crippen LogP contribution is 2.38. The molecule has 0 saturated carbocycles. The van der Waals surface area contributed by atoms with Crippen molar-refractivity contribution in [1.29, 1.82) is 0 Å². The molecule has 1 aliphatic rings. The quantitative estimate of drug-likeness (QED) is 0.180. The van der Waals surface area contributed by atoms with Gasteiger partial charge in [-0.2, -0.15) is 13.2 Å². The number of nitrogens with zero attached hydrogens (tertiary/aromatic N) is 4. The van der Waals surface area contributed by atoms with E-state index >= 15 is 0 Å². The Kier molecular flexibility index (Phi) is 8.60. The van der Waals surface area contributed by atoms with Crippen LogP contribution in [0.15, 0.2) is 60.9 Å². The Balaban J connectivity index is 1.39. The van der Waals surface area contributed by atoms with Gasteiger partial charge in [0.15, 0.2) is 0 Å². The molecule has 1 aliphatic heterocycles. The van der Waals surface area contributed by atoms with Crippen LogP contribution in [0.4, 0.5) is 29.6 Å². The molecule has 5 rings (SSSR count). The molecule has 1 atom stereocenters. The van der Waals surface area contributed by atoms with Gasteiger partial charge in [0.1, 0.15) is 5.75 Å². The Hall–Kier alpha value is -4.61. The molecule has 1 fully saturated rings. The Morgan fingerprint density at radius 3 is 2.76 bits per heavy atom. The summed E-state index contributed by atoms with van der Waals surface area (Å²) in [5.74, 6) is 1.29. The topological polar surface area (TPSA) is 112 Å². The van der Waals surface area contributed by atoms with E-state index in [-0.39, 0.29) is 19.0 Å². The third-order valence-corrected chi connectivity index (χ3v) is 7.09. The SMILES string of the molecule is Cc1ccc2c(NCCCC(F)(F)F)cccc2c1Oc1ncccc1-c1ccnc(N[C@H]2CCCN(C(=O)O)C2)n1. The molecular formula is C30H31F3N6O3. The first-order chi connectivity index (χ1) is 20.2. The van der Waals surface area contributed by atoms with Crippen LogP contribution in [0.2, 0.25) is 0 Å². The van der Waals surface area contributed by atoms with Crippen LogP contribution in [0.3, 0.4) is 0 Å². The summed E-state index contributed by atoms with van der Waals surface area (Å²) in [4.78, 5) is 26.3. The molecule has 1 saturated heterocycles. The molecule has 0 bridgehead atoms. The summed E-state index contributed by atoms with van der Waals surface area (Å²) in [5, 5.41) is 17.3. The van der Waals surface area contributed by atoms with Crippen molar-refractivity contribution in [2.75, 3.05) is 30.3 Å². The van der Waals surface area contributed by atoms with Gasteiger partial charge in [0.25, 0.3) is 0 Å². The number of nitrogens with one attached hydrogen (secondary N) is 2. The number of fused-ring (bicyclic) bond motifs is 1. The van der Waals surface area contributed by atoms with Crippen LogP contribution in [0, 0.1) is 6.92 Å². The number of piperidine rings is 1. The second-order valence-corrected chi connectivity index (χ2v) is 10.2. The van der Waals surface area contributed by atoms with Crippen molar-refractivity contribution in [1.82, 2.24) is 19.9 Å². The number of hydrogen-bond donors (Lipinski definition) is 3. The number of anilines is 2. The highest BCUT2D eigenvalue weighted by Gasteiger charge is 2.26. The first kappa shape index (κ1) is 28.9. The van der Waals surface area contributed by atoms with Crippen LogP contribution in [0.5, 0.6) is 11.6 Å². The van der Waals surface area contributed by atoms with Gasteiger partial charge in [-0.15, -0.1) is 0 Å². The van der Waals surface area contributed by atoms with Crippen LogP contribution in [-0.4, -0.2) is 62.9 Å². The summed E-state index contributed by atoms with van der Waals surface area (Å²) in [6.07, 6.45) is -1.20. The monoisotopic (exact) mass is 580 g/mol. The number of pyridine rings is 1. The number of alkyl halides is 3. The van der Waals surface area contributed by atoms with Crippen molar-refractivity contribution < 1.29 is 27.8 Å². The van der Waals surface area contributed by atoms with Crippen molar-refractivity contribution >= 4 is 28.5 Å². The average Bonchev–Trinajstić information content (AvgIpc) is 2.97. The number of hydrogen-bond acceptors (Lipinski definition) is 7. The summed E-state index contributed by atoms with van der Waals surface area (Å²) in [7, 11) is 0. The molecule has 0 unspecified atom stereocenters. The maximum absolute atomic E-state index is 12.6. The van der Waals surface area contributed by atoms with Crippen molar-refractivity contribution in [3.63, 3.8) is 0 Å². The number of ether oxygens (including phenoxy) is 1. The van der Waals surface area contributed by atoms with E-state index in [0.29, 0.717) is 41.9 Å². The highest BCUT2D eigenvalue weighted by atomic mass is 19.4. The number of rotatable bonds is 9. The van der Waals surface area contributed by atoms with Crippen LogP contribution in [-0.2, 0) is 0 Å². The largest absolute Gasteiger partial charge is 0.465 e. The average molecular weight is 581 g/mol. The first-order valence-electron chi connectivity index (χ1n) is 13.7. The lowest BCUT2D eigenvalue weighted by molar-refractivity contribution is -0.134. The van der Waals surface area contributed by atoms with Crippen LogP contribution < -0.4 is 15.4 Å². The number of aryl methyl sites for hydroxylation is 1. The molecule has 220 valence electrons. The van der Waals surface area contributed by atoms with E-state index < -0.39 is 18.7 Å². The lowest BCUT2D eigenvalue weighted by Crippen LogP contribution is -2.44. The fraction of sp³-hybridized carbons (Fsp3) is 0.333. The minimum atomic E-state index is -4.18. The minimum absolute atomic E-state index is 0.0270. The second kappa shape index (κ2) is 12.5. The van der Waals surface area contributed by atoms with Crippen molar-refractivity contribution in [2.45, 2.75) is 44.8 Å². The van der Waals surface area contributed by atoms with Crippen molar-refractivity contribution in [3.05, 3.63) is 66.5 Å². The predicted molar refractivity (Wildman–Crippen MR) is 154 cm³/mol. The Morgan fingerprint density at radius 1 is 1.10 bits per heavy atom. The van der Waals surface area contributed by atoms with E-state index in [9.17, 15) is 23.1 Å². The lowest BCUT2D eigenvalue weighted by Gasteiger charge is -2.31. The van der Waals surface area contributed by atoms with Gasteiger partial charge in [-0.25, -0.2) is 19.7 Å². The third-order valence-electron chi connectivity index (χ3n) is 7.09. The van der Waals surface area contributed by atoms with Crippen LogP contribution >= 0.6 is 0 Å². The molecule has 3 heterocycles. The van der Waals surface area contributed by atoms with Crippen LogP contribution in [0.1, 0.15) is 31.2 Å². The fourth-order valence-electron chi connectivity index (χ4n) is 5.03. The number of benzene rings is 2. The number of carbonyl (C=O) groups is 1. The smallest absolute Gasteiger partial charge is 0.407 e. The van der Waals surface area contributed by atoms with Gasteiger partial charge >= 0.3 is 12.3 Å². The number of carboxylic acid groups (broad SMARTS) is 1. The molecule has 9 nitrogen and oxygen atoms in total. The summed E-state index contributed by atoms with van der Waals surface area (Å²) < 4.78 is 44.2. The van der Waals surface area contributed by atoms with Gasteiger partial charge in [0.05, 0.1) is 11.3 Å². The van der Waals surface area contributed by atoms with E-state index in [1.54, 1.807) is 24.5 Å². The molecule has 2 aromatic carbocycles. The number of likely N-dealkylation sites (tertiary alicyclic amines) is 1. The van der Waals surface area contributed by atoms with E-state index in [4.69, 9.17) is 4.74 Å². The maximum atomic E-state index is 12.6. The molecule has 2 aromatic heterocycles. The summed E-state index contributed by atoms with van der Waals surface area (Å²) >= 11 is 0. The molecular weight excluding hydrogens is 549 g/mol. The van der Waals surface area contributed by atoms with E-state index in [2.05, 4.69) is 25.6 Å². The third kappa shape index (κ3) is 6.99. The molecule has 4 aromatic rings. The molecule has 12 heteroatoms. The number of aromatic nitrogens is 3. The number of amides is 1. The Labute approximate surface area is 240 Å². The zero-order valence-electron chi connectivity index (χ0n) is 23.0. The normalized spacial score (nSPS) is 15.4.